The molecule has 0 aromatic carbocycles. The van der Waals surface area contributed by atoms with Crippen LogP contribution in [0.2, 0.25) is 0 Å². The fourth-order valence-corrected chi connectivity index (χ4v) is 0. The van der Waals surface area contributed by atoms with Crippen LogP contribution in [-0.4, -0.2) is 120 Å². The summed E-state index contributed by atoms with van der Waals surface area (Å²) in [6, 6.07) is 0. The molecule has 0 aliphatic rings. The minimum absolute atomic E-state index is 0. The van der Waals surface area contributed by atoms with Crippen LogP contribution in [0.25, 0.3) is 0 Å². The van der Waals surface area contributed by atoms with E-state index in [1.54, 1.807) is 0 Å². The molecule has 0 aromatic heterocycles. The molecule has 0 rings (SSSR count). The van der Waals surface area contributed by atoms with E-state index in [0.29, 0.717) is 0 Å². The standard InChI is InChI=1S/2ClH.2K.H2O4S.2H/c;;;;1-5(2,3)4;;/h2*1H;;;(H2,1,2,3,4);;. The average molecular weight is 251 g/mol. The Labute approximate surface area is 151 Å². The maximum atomic E-state index is 8.74. The van der Waals surface area contributed by atoms with Crippen LogP contribution in [0.5, 0.6) is 0 Å². The Bertz CT molecular complexity index is 99.7. The number of halogens is 2. The van der Waals surface area contributed by atoms with Crippen molar-refractivity contribution in [2.24, 2.45) is 0 Å². The van der Waals surface area contributed by atoms with Crippen molar-refractivity contribution in [3.8, 4) is 0 Å². The molecule has 0 heterocycles. The summed E-state index contributed by atoms with van der Waals surface area (Å²) in [5.74, 6) is 0. The molecule has 0 saturated carbocycles. The molecule has 0 aromatic rings. The fourth-order valence-electron chi connectivity index (χ4n) is 0. The molecule has 0 amide bonds. The van der Waals surface area contributed by atoms with E-state index in [4.69, 9.17) is 17.5 Å². The quantitative estimate of drug-likeness (QED) is 0.423. The zero-order chi connectivity index (χ0) is 4.50. The number of rotatable bonds is 0. The normalized spacial score (nSPS) is 6.44. The van der Waals surface area contributed by atoms with Gasteiger partial charge in [-0.05, 0) is 0 Å². The monoisotopic (exact) mass is 250 g/mol. The summed E-state index contributed by atoms with van der Waals surface area (Å²) in [6.45, 7) is 0. The predicted octanol–water partition coefficient (Wildman–Crippen LogP) is -1.11. The van der Waals surface area contributed by atoms with Gasteiger partial charge in [0.25, 0.3) is 0 Å². The zero-order valence-electron chi connectivity index (χ0n) is 2.94. The van der Waals surface area contributed by atoms with Crippen LogP contribution in [-0.2, 0) is 10.4 Å². The van der Waals surface area contributed by atoms with Gasteiger partial charge in [-0.2, -0.15) is 8.42 Å². The summed E-state index contributed by atoms with van der Waals surface area (Å²) in [7, 11) is -4.67. The summed E-state index contributed by atoms with van der Waals surface area (Å²) in [6.07, 6.45) is 0. The zero-order valence-corrected chi connectivity index (χ0v) is 5.39. The molecule has 52 valence electrons. The van der Waals surface area contributed by atoms with Crippen molar-refractivity contribution >= 4 is 138 Å². The number of hydrogen-bond acceptors (Lipinski definition) is 2. The van der Waals surface area contributed by atoms with Gasteiger partial charge in [-0.15, -0.1) is 24.8 Å². The van der Waals surface area contributed by atoms with Crippen LogP contribution in [0.1, 0.15) is 0 Å². The molecule has 9 heteroatoms. The summed E-state index contributed by atoms with van der Waals surface area (Å²) in [4.78, 5) is 0. The first-order valence-electron chi connectivity index (χ1n) is 0.698. The second-order valence-electron chi connectivity index (χ2n) is 0.448. The molecule has 0 aliphatic carbocycles. The van der Waals surface area contributed by atoms with E-state index in [0.717, 1.165) is 0 Å². The molecule has 0 saturated heterocycles. The van der Waals surface area contributed by atoms with Crippen molar-refractivity contribution in [2.45, 2.75) is 0 Å². The molecule has 0 unspecified atom stereocenters. The Hall–Kier alpha value is 3.72. The van der Waals surface area contributed by atoms with Gasteiger partial charge in [-0.1, -0.05) is 0 Å². The third-order valence-electron chi connectivity index (χ3n) is 0. The molecular formula is H6Cl2K2O4S. The Kier molecular flexibility index (Phi) is 46.4. The minimum atomic E-state index is -4.67. The third kappa shape index (κ3) is 80.0. The summed E-state index contributed by atoms with van der Waals surface area (Å²) in [5, 5.41) is 0. The first-order valence-corrected chi connectivity index (χ1v) is 2.10. The van der Waals surface area contributed by atoms with Crippen LogP contribution < -0.4 is 0 Å². The summed E-state index contributed by atoms with van der Waals surface area (Å²) >= 11 is 0. The predicted molar refractivity (Wildman–Crippen MR) is 43.0 cm³/mol. The van der Waals surface area contributed by atoms with Crippen LogP contribution in [0, 0.1) is 0 Å². The molecule has 0 fully saturated rings. The van der Waals surface area contributed by atoms with Crippen LogP contribution in [0.3, 0.4) is 0 Å². The summed E-state index contributed by atoms with van der Waals surface area (Å²) in [5.41, 5.74) is 0. The van der Waals surface area contributed by atoms with Crippen molar-refractivity contribution in [1.82, 2.24) is 0 Å². The van der Waals surface area contributed by atoms with Crippen LogP contribution >= 0.6 is 24.8 Å². The molecular weight excluding hydrogens is 245 g/mol. The number of hydrogen-bond donors (Lipinski definition) is 2. The molecule has 0 atom stereocenters. The molecule has 0 radical (unpaired) electrons. The van der Waals surface area contributed by atoms with E-state index in [2.05, 4.69) is 0 Å². The first-order chi connectivity index (χ1) is 2.00. The van der Waals surface area contributed by atoms with Crippen molar-refractivity contribution in [2.75, 3.05) is 0 Å². The van der Waals surface area contributed by atoms with E-state index in [-0.39, 0.29) is 128 Å². The Morgan fingerprint density at radius 1 is 0.889 bits per heavy atom. The van der Waals surface area contributed by atoms with E-state index in [1.165, 1.54) is 0 Å². The van der Waals surface area contributed by atoms with Crippen LogP contribution in [0.4, 0.5) is 0 Å². The van der Waals surface area contributed by atoms with E-state index in [1.807, 2.05) is 0 Å². The van der Waals surface area contributed by atoms with Crippen molar-refractivity contribution < 1.29 is 17.5 Å². The van der Waals surface area contributed by atoms with Crippen LogP contribution in [0.15, 0.2) is 0 Å². The molecule has 0 aliphatic heterocycles. The summed E-state index contributed by atoms with van der Waals surface area (Å²) < 4.78 is 31.6. The van der Waals surface area contributed by atoms with Gasteiger partial charge in [-0.25, -0.2) is 0 Å². The van der Waals surface area contributed by atoms with Crippen molar-refractivity contribution in [3.63, 3.8) is 0 Å². The topological polar surface area (TPSA) is 74.6 Å². The molecule has 4 nitrogen and oxygen atoms in total. The molecule has 0 spiro atoms. The van der Waals surface area contributed by atoms with Gasteiger partial charge in [0.05, 0.1) is 0 Å². The van der Waals surface area contributed by atoms with Gasteiger partial charge in [0.2, 0.25) is 0 Å². The second kappa shape index (κ2) is 14.3. The molecule has 9 heavy (non-hydrogen) atoms. The van der Waals surface area contributed by atoms with Gasteiger partial charge in [0.1, 0.15) is 0 Å². The van der Waals surface area contributed by atoms with Crippen molar-refractivity contribution in [3.05, 3.63) is 0 Å². The van der Waals surface area contributed by atoms with E-state index >= 15 is 0 Å². The van der Waals surface area contributed by atoms with Gasteiger partial charge < -0.3 is 0 Å². The Morgan fingerprint density at radius 2 is 0.889 bits per heavy atom. The van der Waals surface area contributed by atoms with Gasteiger partial charge >= 0.3 is 113 Å². The van der Waals surface area contributed by atoms with Gasteiger partial charge in [0, 0.05) is 0 Å². The van der Waals surface area contributed by atoms with E-state index in [9.17, 15) is 0 Å². The van der Waals surface area contributed by atoms with Gasteiger partial charge in [0.15, 0.2) is 0 Å². The first kappa shape index (κ1) is 29.3. The molecule has 2 N–H and O–H groups in total. The third-order valence-corrected chi connectivity index (χ3v) is 0. The second-order valence-corrected chi connectivity index (χ2v) is 1.34. The SMILES string of the molecule is Cl.Cl.O=S(=O)(O)O.[KH].[KH]. The van der Waals surface area contributed by atoms with Gasteiger partial charge in [-0.3, -0.25) is 9.11 Å². The average Bonchev–Trinajstić information content (AvgIpc) is 0.722. The Morgan fingerprint density at radius 3 is 0.889 bits per heavy atom. The maximum absolute atomic E-state index is 8.74. The fraction of sp³-hybridized carbons (Fsp3) is 0. The Balaban J connectivity index is -0.0000000133. The van der Waals surface area contributed by atoms with Crippen molar-refractivity contribution in [1.29, 1.82) is 0 Å². The molecule has 0 bridgehead atoms. The van der Waals surface area contributed by atoms with E-state index < -0.39 is 10.4 Å².